The summed E-state index contributed by atoms with van der Waals surface area (Å²) in [5.41, 5.74) is 0.807. The lowest BCUT2D eigenvalue weighted by molar-refractivity contribution is 0.214. The summed E-state index contributed by atoms with van der Waals surface area (Å²) in [4.78, 5) is 12.0. The van der Waals surface area contributed by atoms with Crippen LogP contribution in [0.2, 0.25) is 5.02 Å². The summed E-state index contributed by atoms with van der Waals surface area (Å²) in [7, 11) is 0. The van der Waals surface area contributed by atoms with E-state index in [4.69, 9.17) is 11.6 Å². The number of amides is 2. The molecule has 0 aromatic heterocycles. The Morgan fingerprint density at radius 1 is 1.45 bits per heavy atom. The lowest BCUT2D eigenvalue weighted by Gasteiger charge is -2.20. The topological polar surface area (TPSA) is 61.4 Å². The highest BCUT2D eigenvalue weighted by molar-refractivity contribution is 6.30. The fraction of sp³-hybridized carbons (Fsp3) is 0.562. The Bertz CT molecular complexity index is 573. The predicted molar refractivity (Wildman–Crippen MR) is 82.2 cm³/mol. The number of aliphatic hydroxyl groups excluding tert-OH is 1. The van der Waals surface area contributed by atoms with Crippen LogP contribution in [-0.2, 0) is 0 Å². The monoisotopic (exact) mass is 326 g/mol. The van der Waals surface area contributed by atoms with Crippen molar-refractivity contribution in [3.63, 3.8) is 0 Å². The summed E-state index contributed by atoms with van der Waals surface area (Å²) in [5, 5.41) is 15.0. The van der Waals surface area contributed by atoms with Crippen molar-refractivity contribution in [2.24, 2.45) is 11.3 Å². The molecule has 1 atom stereocenters. The highest BCUT2D eigenvalue weighted by Gasteiger charge is 2.53. The van der Waals surface area contributed by atoms with Crippen LogP contribution >= 0.6 is 11.6 Å². The van der Waals surface area contributed by atoms with Gasteiger partial charge in [0, 0.05) is 6.54 Å². The summed E-state index contributed by atoms with van der Waals surface area (Å²) in [6, 6.07) is 3.26. The molecule has 2 saturated carbocycles. The highest BCUT2D eigenvalue weighted by Crippen LogP contribution is 2.60. The first-order valence-electron chi connectivity index (χ1n) is 7.64. The number of hydrogen-bond donors (Lipinski definition) is 3. The van der Waals surface area contributed by atoms with E-state index in [9.17, 15) is 14.3 Å². The fourth-order valence-electron chi connectivity index (χ4n) is 3.01. The van der Waals surface area contributed by atoms with Gasteiger partial charge in [-0.3, -0.25) is 0 Å². The van der Waals surface area contributed by atoms with Crippen molar-refractivity contribution in [1.82, 2.24) is 10.6 Å². The quantitative estimate of drug-likeness (QED) is 0.752. The first-order chi connectivity index (χ1) is 10.5. The molecule has 0 saturated heterocycles. The second kappa shape index (κ2) is 6.05. The van der Waals surface area contributed by atoms with E-state index < -0.39 is 11.9 Å². The molecule has 0 heterocycles. The number of urea groups is 1. The molecule has 0 bridgehead atoms. The number of benzene rings is 1. The highest BCUT2D eigenvalue weighted by atomic mass is 35.5. The first kappa shape index (κ1) is 15.6. The van der Waals surface area contributed by atoms with Gasteiger partial charge in [0.15, 0.2) is 0 Å². The molecule has 4 nitrogen and oxygen atoms in total. The Kier molecular flexibility index (Phi) is 4.28. The molecule has 2 amide bonds. The standard InChI is InChI=1S/C16H20ClFN2O2/c17-12-4-1-10(7-13(12)18)14(8-21)20-15(22)19-9-16(5-6-16)11-2-3-11/h1,4,7,11,14,21H,2-3,5-6,8-9H2,(H2,19,20,22). The maximum atomic E-state index is 13.5. The average molecular weight is 327 g/mol. The number of halogens is 2. The molecule has 3 N–H and O–H groups in total. The van der Waals surface area contributed by atoms with Gasteiger partial charge in [0.1, 0.15) is 5.82 Å². The Morgan fingerprint density at radius 3 is 2.73 bits per heavy atom. The van der Waals surface area contributed by atoms with E-state index in [1.54, 1.807) is 6.07 Å². The molecular weight excluding hydrogens is 307 g/mol. The Hall–Kier alpha value is -1.33. The summed E-state index contributed by atoms with van der Waals surface area (Å²) in [6.07, 6.45) is 4.91. The van der Waals surface area contributed by atoms with Crippen LogP contribution in [0.1, 0.15) is 37.3 Å². The van der Waals surface area contributed by atoms with E-state index in [2.05, 4.69) is 10.6 Å². The summed E-state index contributed by atoms with van der Waals surface area (Å²) < 4.78 is 13.5. The molecule has 22 heavy (non-hydrogen) atoms. The van der Waals surface area contributed by atoms with Gasteiger partial charge >= 0.3 is 6.03 Å². The molecule has 3 rings (SSSR count). The molecule has 120 valence electrons. The number of hydrogen-bond acceptors (Lipinski definition) is 2. The maximum Gasteiger partial charge on any atom is 0.315 e. The summed E-state index contributed by atoms with van der Waals surface area (Å²) >= 11 is 5.64. The molecule has 0 radical (unpaired) electrons. The zero-order valence-corrected chi connectivity index (χ0v) is 13.0. The lowest BCUT2D eigenvalue weighted by Crippen LogP contribution is -2.42. The van der Waals surface area contributed by atoms with Crippen molar-refractivity contribution < 1.29 is 14.3 Å². The number of rotatable bonds is 6. The van der Waals surface area contributed by atoms with Crippen LogP contribution in [0.15, 0.2) is 18.2 Å². The Labute approximate surface area is 134 Å². The van der Waals surface area contributed by atoms with E-state index in [0.29, 0.717) is 17.5 Å². The lowest BCUT2D eigenvalue weighted by atomic mass is 10.0. The normalized spacial score (nSPS) is 20.3. The third-order valence-electron chi connectivity index (χ3n) is 4.77. The third kappa shape index (κ3) is 3.36. The van der Waals surface area contributed by atoms with Crippen LogP contribution in [0.25, 0.3) is 0 Å². The molecule has 1 aromatic carbocycles. The minimum absolute atomic E-state index is 0.0185. The van der Waals surface area contributed by atoms with Gasteiger partial charge in [-0.05, 0) is 54.7 Å². The van der Waals surface area contributed by atoms with Gasteiger partial charge in [0.2, 0.25) is 0 Å². The molecule has 2 aliphatic rings. The number of nitrogens with one attached hydrogen (secondary N) is 2. The zero-order valence-electron chi connectivity index (χ0n) is 12.2. The number of carbonyl (C=O) groups is 1. The minimum Gasteiger partial charge on any atom is -0.394 e. The number of carbonyl (C=O) groups excluding carboxylic acids is 1. The summed E-state index contributed by atoms with van der Waals surface area (Å²) in [6.45, 7) is 0.374. The smallest absolute Gasteiger partial charge is 0.315 e. The van der Waals surface area contributed by atoms with Gasteiger partial charge in [-0.15, -0.1) is 0 Å². The zero-order chi connectivity index (χ0) is 15.7. The molecule has 2 aliphatic carbocycles. The molecule has 2 fully saturated rings. The van der Waals surface area contributed by atoms with E-state index >= 15 is 0 Å². The van der Waals surface area contributed by atoms with Crippen molar-refractivity contribution in [2.45, 2.75) is 31.7 Å². The van der Waals surface area contributed by atoms with Gasteiger partial charge in [0.05, 0.1) is 17.7 Å². The van der Waals surface area contributed by atoms with E-state index in [1.165, 1.54) is 37.8 Å². The van der Waals surface area contributed by atoms with Gasteiger partial charge in [-0.1, -0.05) is 17.7 Å². The second-order valence-electron chi connectivity index (χ2n) is 6.37. The van der Waals surface area contributed by atoms with Crippen LogP contribution in [-0.4, -0.2) is 24.3 Å². The van der Waals surface area contributed by atoms with Crippen LogP contribution in [0.3, 0.4) is 0 Å². The molecule has 0 spiro atoms. The Balaban J connectivity index is 1.55. The molecule has 0 aliphatic heterocycles. The van der Waals surface area contributed by atoms with Crippen LogP contribution in [0.5, 0.6) is 0 Å². The average Bonchev–Trinajstić information content (AvgIpc) is 3.38. The minimum atomic E-state index is -0.650. The van der Waals surface area contributed by atoms with E-state index in [1.807, 2.05) is 0 Å². The van der Waals surface area contributed by atoms with Crippen molar-refractivity contribution in [3.8, 4) is 0 Å². The van der Waals surface area contributed by atoms with Gasteiger partial charge in [-0.25, -0.2) is 9.18 Å². The molecular formula is C16H20ClFN2O2. The summed E-state index contributed by atoms with van der Waals surface area (Å²) in [5.74, 6) is 0.206. The molecule has 1 aromatic rings. The van der Waals surface area contributed by atoms with Crippen LogP contribution in [0.4, 0.5) is 9.18 Å². The van der Waals surface area contributed by atoms with Crippen LogP contribution in [0, 0.1) is 17.2 Å². The second-order valence-corrected chi connectivity index (χ2v) is 6.78. The van der Waals surface area contributed by atoms with E-state index in [0.717, 1.165) is 5.92 Å². The largest absolute Gasteiger partial charge is 0.394 e. The van der Waals surface area contributed by atoms with Crippen molar-refractivity contribution in [3.05, 3.63) is 34.6 Å². The Morgan fingerprint density at radius 2 is 2.18 bits per heavy atom. The maximum absolute atomic E-state index is 13.5. The SMILES string of the molecule is O=C(NCC1(C2CC2)CC1)NC(CO)c1ccc(Cl)c(F)c1. The predicted octanol–water partition coefficient (Wildman–Crippen LogP) is 3.00. The van der Waals surface area contributed by atoms with Crippen molar-refractivity contribution >= 4 is 17.6 Å². The van der Waals surface area contributed by atoms with Gasteiger partial charge in [0.25, 0.3) is 0 Å². The third-order valence-corrected chi connectivity index (χ3v) is 5.08. The van der Waals surface area contributed by atoms with Crippen molar-refractivity contribution in [2.75, 3.05) is 13.2 Å². The molecule has 6 heteroatoms. The number of aliphatic hydroxyl groups is 1. The molecule has 1 unspecified atom stereocenters. The fourth-order valence-corrected chi connectivity index (χ4v) is 3.13. The van der Waals surface area contributed by atoms with Crippen molar-refractivity contribution in [1.29, 1.82) is 0 Å². The van der Waals surface area contributed by atoms with Crippen LogP contribution < -0.4 is 10.6 Å². The van der Waals surface area contributed by atoms with Gasteiger partial charge < -0.3 is 15.7 Å². The van der Waals surface area contributed by atoms with Gasteiger partial charge in [-0.2, -0.15) is 0 Å². The van der Waals surface area contributed by atoms with E-state index in [-0.39, 0.29) is 17.7 Å². The first-order valence-corrected chi connectivity index (χ1v) is 8.02.